The van der Waals surface area contributed by atoms with Crippen LogP contribution >= 0.6 is 0 Å². The van der Waals surface area contributed by atoms with Crippen LogP contribution in [0.1, 0.15) is 72.5 Å². The predicted octanol–water partition coefficient (Wildman–Crippen LogP) is 7.56. The van der Waals surface area contributed by atoms with E-state index in [-0.39, 0.29) is 48.9 Å². The highest BCUT2D eigenvalue weighted by Crippen LogP contribution is 2.35. The van der Waals surface area contributed by atoms with Crippen LogP contribution in [0.5, 0.6) is 5.75 Å². The van der Waals surface area contributed by atoms with Gasteiger partial charge >= 0.3 is 0 Å². The maximum absolute atomic E-state index is 15.0. The third kappa shape index (κ3) is 8.46. The normalized spacial score (nSPS) is 16.0. The van der Waals surface area contributed by atoms with Gasteiger partial charge in [-0.25, -0.2) is 4.39 Å². The number of carbonyl (C=O) groups is 1. The van der Waals surface area contributed by atoms with Gasteiger partial charge in [0.15, 0.2) is 17.3 Å². The van der Waals surface area contributed by atoms with Gasteiger partial charge in [0.1, 0.15) is 6.61 Å². The van der Waals surface area contributed by atoms with E-state index in [1.165, 1.54) is 12.1 Å². The smallest absolute Gasteiger partial charge is 0.201 e. The Morgan fingerprint density at radius 3 is 2.64 bits per heavy atom. The van der Waals surface area contributed by atoms with Crippen LogP contribution in [0.4, 0.5) is 8.78 Å². The van der Waals surface area contributed by atoms with Crippen LogP contribution in [0, 0.1) is 34.8 Å². The number of aliphatic hydroxyl groups excluding tert-OH is 1. The minimum absolute atomic E-state index is 0.00101. The average Bonchev–Trinajstić information content (AvgIpc) is 3.02. The number of ether oxygens (including phenoxy) is 1. The van der Waals surface area contributed by atoms with Crippen molar-refractivity contribution >= 4 is 28.5 Å². The number of rotatable bonds is 14. The molecule has 0 bridgehead atoms. The minimum atomic E-state index is -1.09. The van der Waals surface area contributed by atoms with Gasteiger partial charge in [-0.2, -0.15) is 4.39 Å². The summed E-state index contributed by atoms with van der Waals surface area (Å²) in [6.07, 6.45) is 18.1. The highest BCUT2D eigenvalue weighted by Gasteiger charge is 2.24. The zero-order valence-corrected chi connectivity index (χ0v) is 25.4. The first-order chi connectivity index (χ1) is 21.7. The van der Waals surface area contributed by atoms with E-state index in [1.807, 2.05) is 43.4 Å². The third-order valence-corrected chi connectivity index (χ3v) is 7.74. The van der Waals surface area contributed by atoms with Gasteiger partial charge in [0.05, 0.1) is 5.71 Å². The summed E-state index contributed by atoms with van der Waals surface area (Å²) in [4.78, 5) is 17.8. The first kappa shape index (κ1) is 33.2. The number of ketones is 1. The Labute approximate surface area is 263 Å². The number of terminal acetylenes is 1. The third-order valence-electron chi connectivity index (χ3n) is 7.74. The molecule has 4 rings (SSSR count). The molecule has 1 heterocycles. The largest absolute Gasteiger partial charge is 0.478 e. The molecule has 2 aromatic carbocycles. The zero-order valence-electron chi connectivity index (χ0n) is 25.4. The molecule has 3 N–H and O–H groups in total. The summed E-state index contributed by atoms with van der Waals surface area (Å²) in [5, 5.41) is 25.0. The van der Waals surface area contributed by atoms with Crippen molar-refractivity contribution in [1.29, 1.82) is 10.8 Å². The summed E-state index contributed by atoms with van der Waals surface area (Å²) in [6, 6.07) is 8.63. The van der Waals surface area contributed by atoms with Crippen molar-refractivity contribution in [2.24, 2.45) is 4.99 Å². The molecule has 0 fully saturated rings. The number of Topliss-reactive ketones (excluding diaryl/α,β-unsaturated/α-hetero) is 1. The van der Waals surface area contributed by atoms with Gasteiger partial charge < -0.3 is 20.7 Å². The number of nitrogens with zero attached hydrogens (tertiary/aromatic N) is 1. The lowest BCUT2D eigenvalue weighted by molar-refractivity contribution is 0.0999. The molecule has 1 aliphatic heterocycles. The molecule has 0 atom stereocenters. The van der Waals surface area contributed by atoms with Crippen molar-refractivity contribution in [3.63, 3.8) is 0 Å². The Balaban J connectivity index is 1.53. The van der Waals surface area contributed by atoms with E-state index in [9.17, 15) is 9.18 Å². The van der Waals surface area contributed by atoms with Crippen LogP contribution in [0.15, 0.2) is 77.0 Å². The monoisotopic (exact) mass is 609 g/mol. The number of aryl methyl sites for hydroxylation is 1. The highest BCUT2D eigenvalue weighted by atomic mass is 19.2. The first-order valence-electron chi connectivity index (χ1n) is 15.0. The standard InChI is InChI=1S/C37H37F2N3O3/c1-3-18-45-34-15-14-32(35(38)36(34)39)28-21-27-9-7-5-6-8-26(37(27)42-23-28)20-24-10-13-31(25(4-2)19-24)33(44)22-30(41)12-11-29(40)16-17-43/h1,5,7-10,13-15,19,23,40-41,43H,4,6,11-12,16-18,20-22H2,2H3/b7-5-,26-8?,27-9-,40-29?,41-30?. The molecule has 0 saturated heterocycles. The number of allylic oxidation sites excluding steroid dienone is 7. The van der Waals surface area contributed by atoms with Gasteiger partial charge in [0, 0.05) is 54.6 Å². The maximum atomic E-state index is 15.0. The Hall–Kier alpha value is -4.74. The Kier molecular flexibility index (Phi) is 11.7. The average molecular weight is 610 g/mol. The molecule has 0 spiro atoms. The number of fused-ring (bicyclic) bond motifs is 1. The molecule has 0 aromatic heterocycles. The fraction of sp³-hybridized carbons (Fsp3) is 0.297. The second-order valence-corrected chi connectivity index (χ2v) is 10.9. The SMILES string of the molecule is C#CCOc1ccc(C2=CN=C3C(Cc4ccc(C(=O)CC(=N)CCC(=N)CCO)c(CC)c4)=CC/C=C\C=C/3C2)c(F)c1F. The zero-order chi connectivity index (χ0) is 32.3. The Morgan fingerprint density at radius 1 is 1.09 bits per heavy atom. The molecular weight excluding hydrogens is 572 g/mol. The quantitative estimate of drug-likeness (QED) is 0.117. The topological polar surface area (TPSA) is 107 Å². The molecule has 0 amide bonds. The molecule has 2 aliphatic rings. The molecule has 0 unspecified atom stereocenters. The molecule has 0 radical (unpaired) electrons. The van der Waals surface area contributed by atoms with E-state index in [4.69, 9.17) is 32.1 Å². The predicted molar refractivity (Wildman–Crippen MR) is 175 cm³/mol. The van der Waals surface area contributed by atoms with Crippen LogP contribution in [-0.4, -0.2) is 41.2 Å². The molecule has 232 valence electrons. The summed E-state index contributed by atoms with van der Waals surface area (Å²) >= 11 is 0. The highest BCUT2D eigenvalue weighted by molar-refractivity contribution is 6.15. The van der Waals surface area contributed by atoms with Gasteiger partial charge in [-0.3, -0.25) is 9.79 Å². The summed E-state index contributed by atoms with van der Waals surface area (Å²) in [7, 11) is 0. The number of hydrogen-bond acceptors (Lipinski definition) is 6. The van der Waals surface area contributed by atoms with Crippen LogP contribution < -0.4 is 4.74 Å². The van der Waals surface area contributed by atoms with Gasteiger partial charge in [-0.05, 0) is 72.1 Å². The van der Waals surface area contributed by atoms with E-state index in [2.05, 4.69) is 12.0 Å². The lowest BCUT2D eigenvalue weighted by Crippen LogP contribution is -2.15. The van der Waals surface area contributed by atoms with Crippen LogP contribution in [0.3, 0.4) is 0 Å². The number of aliphatic hydroxyl groups is 1. The molecule has 45 heavy (non-hydrogen) atoms. The van der Waals surface area contributed by atoms with Crippen LogP contribution in [0.2, 0.25) is 0 Å². The van der Waals surface area contributed by atoms with E-state index in [1.54, 1.807) is 6.20 Å². The maximum Gasteiger partial charge on any atom is 0.201 e. The molecule has 1 aliphatic carbocycles. The number of aliphatic imine (C=N–C) groups is 1. The molecule has 2 aromatic rings. The van der Waals surface area contributed by atoms with E-state index in [0.717, 1.165) is 28.0 Å². The summed E-state index contributed by atoms with van der Waals surface area (Å²) in [5.74, 6) is -0.210. The second-order valence-electron chi connectivity index (χ2n) is 10.9. The van der Waals surface area contributed by atoms with Gasteiger partial charge in [0.2, 0.25) is 5.82 Å². The Bertz CT molecular complexity index is 1690. The van der Waals surface area contributed by atoms with Crippen molar-refractivity contribution < 1.29 is 23.4 Å². The van der Waals surface area contributed by atoms with Gasteiger partial charge in [0.25, 0.3) is 0 Å². The Morgan fingerprint density at radius 2 is 1.89 bits per heavy atom. The molecule has 0 saturated carbocycles. The number of nitrogens with one attached hydrogen (secondary N) is 2. The van der Waals surface area contributed by atoms with Crippen molar-refractivity contribution in [2.75, 3.05) is 13.2 Å². The summed E-state index contributed by atoms with van der Waals surface area (Å²) in [6.45, 7) is 1.74. The van der Waals surface area contributed by atoms with E-state index < -0.39 is 11.6 Å². The molecule has 8 heteroatoms. The van der Waals surface area contributed by atoms with E-state index in [0.29, 0.717) is 55.4 Å². The second kappa shape index (κ2) is 15.8. The van der Waals surface area contributed by atoms with Crippen LogP contribution in [0.25, 0.3) is 5.57 Å². The van der Waals surface area contributed by atoms with Crippen LogP contribution in [-0.2, 0) is 12.8 Å². The van der Waals surface area contributed by atoms with Crippen molar-refractivity contribution in [3.05, 3.63) is 106 Å². The van der Waals surface area contributed by atoms with Crippen molar-refractivity contribution in [1.82, 2.24) is 0 Å². The lowest BCUT2D eigenvalue weighted by atomic mass is 9.86. The fourth-order valence-electron chi connectivity index (χ4n) is 5.37. The lowest BCUT2D eigenvalue weighted by Gasteiger charge is -2.22. The summed E-state index contributed by atoms with van der Waals surface area (Å²) < 4.78 is 34.8. The van der Waals surface area contributed by atoms with Gasteiger partial charge in [-0.1, -0.05) is 55.3 Å². The van der Waals surface area contributed by atoms with Crippen molar-refractivity contribution in [3.8, 4) is 18.1 Å². The number of benzene rings is 2. The van der Waals surface area contributed by atoms with Gasteiger partial charge in [-0.15, -0.1) is 6.42 Å². The molecule has 6 nitrogen and oxygen atoms in total. The number of carbonyl (C=O) groups excluding carboxylic acids is 1. The molecular formula is C37H37F2N3O3. The number of halogens is 2. The number of hydrogen-bond donors (Lipinski definition) is 3. The fourth-order valence-corrected chi connectivity index (χ4v) is 5.37. The first-order valence-corrected chi connectivity index (χ1v) is 15.0. The summed E-state index contributed by atoms with van der Waals surface area (Å²) in [5.41, 5.74) is 6.50. The van der Waals surface area contributed by atoms with Crippen molar-refractivity contribution in [2.45, 2.75) is 58.3 Å². The van der Waals surface area contributed by atoms with E-state index >= 15 is 4.39 Å². The minimum Gasteiger partial charge on any atom is -0.478 e.